The van der Waals surface area contributed by atoms with E-state index in [1.54, 1.807) is 6.26 Å². The molecule has 108 valence electrons. The van der Waals surface area contributed by atoms with Gasteiger partial charge in [0.1, 0.15) is 5.58 Å². The zero-order valence-electron chi connectivity index (χ0n) is 12.1. The first kappa shape index (κ1) is 14.0. The van der Waals surface area contributed by atoms with Gasteiger partial charge < -0.3 is 9.73 Å². The second kappa shape index (κ2) is 7.14. The lowest BCUT2D eigenvalue weighted by Crippen LogP contribution is -1.87. The number of rotatable bonds is 2. The minimum atomic E-state index is 0.956. The van der Waals surface area contributed by atoms with Gasteiger partial charge in [-0.3, -0.25) is 0 Å². The van der Waals surface area contributed by atoms with Crippen molar-refractivity contribution in [2.45, 2.75) is 0 Å². The van der Waals surface area contributed by atoms with E-state index in [9.17, 15) is 0 Å². The van der Waals surface area contributed by atoms with Crippen molar-refractivity contribution in [3.8, 4) is 0 Å². The Morgan fingerprint density at radius 3 is 1.68 bits per heavy atom. The number of para-hydroxylation sites is 3. The maximum Gasteiger partial charge on any atom is 0.133 e. The SMILES string of the molecule is c1ccc(Nc2ccccc2)cc1.c1ccc2occc2c1. The third-order valence-corrected chi connectivity index (χ3v) is 3.20. The van der Waals surface area contributed by atoms with Crippen LogP contribution in [0.4, 0.5) is 11.4 Å². The van der Waals surface area contributed by atoms with Crippen LogP contribution in [-0.2, 0) is 0 Å². The summed E-state index contributed by atoms with van der Waals surface area (Å²) in [5.74, 6) is 0. The van der Waals surface area contributed by atoms with Crippen molar-refractivity contribution in [2.24, 2.45) is 0 Å². The van der Waals surface area contributed by atoms with E-state index in [2.05, 4.69) is 5.32 Å². The number of nitrogens with one attached hydrogen (secondary N) is 1. The van der Waals surface area contributed by atoms with Crippen LogP contribution in [-0.4, -0.2) is 0 Å². The molecule has 0 amide bonds. The van der Waals surface area contributed by atoms with Crippen LogP contribution in [0.15, 0.2) is 102 Å². The Hall–Kier alpha value is -3.00. The Morgan fingerprint density at radius 1 is 0.545 bits per heavy atom. The minimum absolute atomic E-state index is 0.956. The standard InChI is InChI=1S/C12H11N.C8H6O/c1-3-7-11(8-4-1)13-12-9-5-2-6-10-12;1-2-4-8-7(3-1)5-6-9-8/h1-10,13H;1-6H. The monoisotopic (exact) mass is 287 g/mol. The largest absolute Gasteiger partial charge is 0.464 e. The van der Waals surface area contributed by atoms with Crippen molar-refractivity contribution in [1.82, 2.24) is 0 Å². The molecule has 0 aliphatic carbocycles. The summed E-state index contributed by atoms with van der Waals surface area (Å²) in [6.07, 6.45) is 1.70. The smallest absolute Gasteiger partial charge is 0.133 e. The zero-order chi connectivity index (χ0) is 15.0. The van der Waals surface area contributed by atoms with E-state index in [-0.39, 0.29) is 0 Å². The van der Waals surface area contributed by atoms with Gasteiger partial charge >= 0.3 is 0 Å². The maximum atomic E-state index is 5.12. The van der Waals surface area contributed by atoms with E-state index in [1.807, 2.05) is 91.0 Å². The van der Waals surface area contributed by atoms with E-state index in [0.717, 1.165) is 22.3 Å². The average molecular weight is 287 g/mol. The lowest BCUT2D eigenvalue weighted by Gasteiger charge is -2.04. The molecule has 0 aliphatic rings. The topological polar surface area (TPSA) is 25.2 Å². The Morgan fingerprint density at radius 2 is 1.09 bits per heavy atom. The van der Waals surface area contributed by atoms with E-state index in [1.165, 1.54) is 0 Å². The molecule has 3 aromatic carbocycles. The molecule has 0 spiro atoms. The molecule has 2 heteroatoms. The Labute approximate surface area is 130 Å². The molecule has 0 radical (unpaired) electrons. The number of benzene rings is 3. The van der Waals surface area contributed by atoms with E-state index < -0.39 is 0 Å². The maximum absolute atomic E-state index is 5.12. The van der Waals surface area contributed by atoms with Crippen LogP contribution in [0.2, 0.25) is 0 Å². The van der Waals surface area contributed by atoms with Gasteiger partial charge in [-0.1, -0.05) is 54.6 Å². The molecule has 4 aromatic rings. The Balaban J connectivity index is 0.000000139. The van der Waals surface area contributed by atoms with Crippen LogP contribution in [0.1, 0.15) is 0 Å². The van der Waals surface area contributed by atoms with Crippen molar-refractivity contribution in [3.05, 3.63) is 97.3 Å². The summed E-state index contributed by atoms with van der Waals surface area (Å²) < 4.78 is 5.12. The highest BCUT2D eigenvalue weighted by Crippen LogP contribution is 2.14. The summed E-state index contributed by atoms with van der Waals surface area (Å²) in [7, 11) is 0. The van der Waals surface area contributed by atoms with Gasteiger partial charge in [-0.15, -0.1) is 0 Å². The lowest BCUT2D eigenvalue weighted by molar-refractivity contribution is 0.616. The van der Waals surface area contributed by atoms with Gasteiger partial charge in [-0.05, 0) is 36.4 Å². The van der Waals surface area contributed by atoms with Crippen molar-refractivity contribution < 1.29 is 4.42 Å². The second-order valence-corrected chi connectivity index (χ2v) is 4.82. The molecule has 22 heavy (non-hydrogen) atoms. The van der Waals surface area contributed by atoms with Crippen LogP contribution in [0, 0.1) is 0 Å². The molecule has 1 N–H and O–H groups in total. The van der Waals surface area contributed by atoms with E-state index in [4.69, 9.17) is 4.42 Å². The van der Waals surface area contributed by atoms with Crippen LogP contribution < -0.4 is 5.32 Å². The molecule has 0 fully saturated rings. The molecule has 1 heterocycles. The third kappa shape index (κ3) is 3.76. The molecular weight excluding hydrogens is 270 g/mol. The molecule has 0 aliphatic heterocycles. The summed E-state index contributed by atoms with van der Waals surface area (Å²) in [5, 5.41) is 4.47. The van der Waals surface area contributed by atoms with Crippen LogP contribution >= 0.6 is 0 Å². The Kier molecular flexibility index (Phi) is 4.53. The highest BCUT2D eigenvalue weighted by Gasteiger charge is 1.90. The Bertz CT molecular complexity index is 739. The number of hydrogen-bond donors (Lipinski definition) is 1. The quantitative estimate of drug-likeness (QED) is 0.499. The lowest BCUT2D eigenvalue weighted by atomic mass is 10.3. The number of furan rings is 1. The van der Waals surface area contributed by atoms with Gasteiger partial charge in [-0.2, -0.15) is 0 Å². The summed E-state index contributed by atoms with van der Waals surface area (Å²) in [6.45, 7) is 0. The van der Waals surface area contributed by atoms with E-state index >= 15 is 0 Å². The summed E-state index contributed by atoms with van der Waals surface area (Å²) in [6, 6.07) is 30.2. The first-order chi connectivity index (χ1) is 10.9. The predicted octanol–water partition coefficient (Wildman–Crippen LogP) is 5.86. The molecule has 0 atom stereocenters. The minimum Gasteiger partial charge on any atom is -0.464 e. The van der Waals surface area contributed by atoms with Gasteiger partial charge in [0.15, 0.2) is 0 Å². The average Bonchev–Trinajstić information content (AvgIpc) is 3.06. The highest BCUT2D eigenvalue weighted by molar-refractivity contribution is 5.76. The predicted molar refractivity (Wildman–Crippen MR) is 92.4 cm³/mol. The molecule has 2 nitrogen and oxygen atoms in total. The van der Waals surface area contributed by atoms with Crippen LogP contribution in [0.25, 0.3) is 11.0 Å². The van der Waals surface area contributed by atoms with Crippen molar-refractivity contribution in [1.29, 1.82) is 0 Å². The molecule has 0 saturated heterocycles. The van der Waals surface area contributed by atoms with Gasteiger partial charge in [0.25, 0.3) is 0 Å². The van der Waals surface area contributed by atoms with E-state index in [0.29, 0.717) is 0 Å². The molecule has 0 bridgehead atoms. The zero-order valence-corrected chi connectivity index (χ0v) is 12.1. The van der Waals surface area contributed by atoms with Gasteiger partial charge in [0.05, 0.1) is 6.26 Å². The fraction of sp³-hybridized carbons (Fsp3) is 0. The number of fused-ring (bicyclic) bond motifs is 1. The molecule has 1 aromatic heterocycles. The summed E-state index contributed by atoms with van der Waals surface area (Å²) in [5.41, 5.74) is 3.19. The molecule has 0 saturated carbocycles. The molecular formula is C20H17NO. The fourth-order valence-corrected chi connectivity index (χ4v) is 2.12. The number of anilines is 2. The molecule has 0 unspecified atom stereocenters. The second-order valence-electron chi connectivity index (χ2n) is 4.82. The normalized spacial score (nSPS) is 9.82. The van der Waals surface area contributed by atoms with Gasteiger partial charge in [0.2, 0.25) is 0 Å². The van der Waals surface area contributed by atoms with Gasteiger partial charge in [-0.25, -0.2) is 0 Å². The van der Waals surface area contributed by atoms with Crippen LogP contribution in [0.5, 0.6) is 0 Å². The van der Waals surface area contributed by atoms with Gasteiger partial charge in [0, 0.05) is 16.8 Å². The first-order valence-electron chi connectivity index (χ1n) is 7.21. The number of hydrogen-bond acceptors (Lipinski definition) is 2. The van der Waals surface area contributed by atoms with Crippen molar-refractivity contribution >= 4 is 22.3 Å². The fourth-order valence-electron chi connectivity index (χ4n) is 2.12. The van der Waals surface area contributed by atoms with Crippen LogP contribution in [0.3, 0.4) is 0 Å². The van der Waals surface area contributed by atoms with Crippen molar-refractivity contribution in [2.75, 3.05) is 5.32 Å². The third-order valence-electron chi connectivity index (χ3n) is 3.20. The molecule has 4 rings (SSSR count). The highest BCUT2D eigenvalue weighted by atomic mass is 16.3. The summed E-state index contributed by atoms with van der Waals surface area (Å²) in [4.78, 5) is 0. The summed E-state index contributed by atoms with van der Waals surface area (Å²) >= 11 is 0. The van der Waals surface area contributed by atoms with Crippen molar-refractivity contribution in [3.63, 3.8) is 0 Å². The first-order valence-corrected chi connectivity index (χ1v) is 7.21.